The van der Waals surface area contributed by atoms with Gasteiger partial charge in [0.25, 0.3) is 0 Å². The summed E-state index contributed by atoms with van der Waals surface area (Å²) in [4.78, 5) is 4.35. The maximum Gasteiger partial charge on any atom is 0.122 e. The normalized spacial score (nSPS) is 10.9. The highest BCUT2D eigenvalue weighted by molar-refractivity contribution is 6.31. The van der Waals surface area contributed by atoms with Gasteiger partial charge in [-0.25, -0.2) is 4.98 Å². The Hall–Kier alpha value is -1.81. The Morgan fingerprint density at radius 1 is 1.47 bits per heavy atom. The molecule has 0 aliphatic carbocycles. The van der Waals surface area contributed by atoms with E-state index in [1.807, 2.05) is 18.3 Å². The molecule has 0 fully saturated rings. The molecule has 0 amide bonds. The molecule has 1 aromatic heterocycles. The first-order valence-corrected chi connectivity index (χ1v) is 6.50. The van der Waals surface area contributed by atoms with Gasteiger partial charge in [-0.2, -0.15) is 0 Å². The minimum Gasteiger partial charge on any atom is -0.384 e. The molecule has 0 aliphatic heterocycles. The van der Waals surface area contributed by atoms with Gasteiger partial charge in [-0.3, -0.25) is 5.41 Å². The first-order chi connectivity index (χ1) is 8.99. The van der Waals surface area contributed by atoms with Crippen molar-refractivity contribution in [3.8, 4) is 0 Å². The summed E-state index contributed by atoms with van der Waals surface area (Å²) in [7, 11) is 0. The van der Waals surface area contributed by atoms with Crippen molar-refractivity contribution in [2.45, 2.75) is 26.3 Å². The zero-order valence-electron chi connectivity index (χ0n) is 11.0. The van der Waals surface area contributed by atoms with Gasteiger partial charge in [0.2, 0.25) is 0 Å². The highest BCUT2D eigenvalue weighted by Gasteiger charge is 2.10. The fraction of sp³-hybridized carbons (Fsp3) is 0.286. The van der Waals surface area contributed by atoms with Crippen LogP contribution in [0.5, 0.6) is 0 Å². The largest absolute Gasteiger partial charge is 0.384 e. The van der Waals surface area contributed by atoms with Gasteiger partial charge < -0.3 is 10.3 Å². The van der Waals surface area contributed by atoms with E-state index >= 15 is 0 Å². The zero-order valence-corrected chi connectivity index (χ0v) is 11.8. The van der Waals surface area contributed by atoms with Crippen LogP contribution in [0, 0.1) is 5.41 Å². The highest BCUT2D eigenvalue weighted by Crippen LogP contribution is 2.21. The summed E-state index contributed by atoms with van der Waals surface area (Å²) in [5, 5.41) is 8.01. The number of imidazole rings is 1. The van der Waals surface area contributed by atoms with E-state index in [4.69, 9.17) is 22.7 Å². The average molecular weight is 277 g/mol. The van der Waals surface area contributed by atoms with Gasteiger partial charge in [0.05, 0.1) is 6.54 Å². The summed E-state index contributed by atoms with van der Waals surface area (Å²) >= 11 is 6.24. The minimum atomic E-state index is 0.0268. The molecule has 2 rings (SSSR count). The fourth-order valence-corrected chi connectivity index (χ4v) is 2.22. The quantitative estimate of drug-likeness (QED) is 0.666. The Bertz CT molecular complexity index is 601. The third-order valence-electron chi connectivity index (χ3n) is 2.97. The van der Waals surface area contributed by atoms with Crippen LogP contribution in [0.3, 0.4) is 0 Å². The maximum absolute atomic E-state index is 7.39. The lowest BCUT2D eigenvalue weighted by molar-refractivity contribution is 0.670. The lowest BCUT2D eigenvalue weighted by Crippen LogP contribution is -2.11. The highest BCUT2D eigenvalue weighted by atomic mass is 35.5. The molecular formula is C14H17ClN4. The first kappa shape index (κ1) is 13.6. The zero-order chi connectivity index (χ0) is 14.0. The molecule has 19 heavy (non-hydrogen) atoms. The molecule has 0 bridgehead atoms. The Morgan fingerprint density at radius 2 is 2.21 bits per heavy atom. The van der Waals surface area contributed by atoms with Crippen molar-refractivity contribution in [3.63, 3.8) is 0 Å². The standard InChI is InChI=1S/C14H17ClN4/c1-9(2)14-18-5-6-19(14)8-11-4-3-10(13(16)17)7-12(11)15/h3-7,9H,8H2,1-2H3,(H3,16,17). The first-order valence-electron chi connectivity index (χ1n) is 6.13. The lowest BCUT2D eigenvalue weighted by atomic mass is 10.1. The number of nitrogens with two attached hydrogens (primary N) is 1. The van der Waals surface area contributed by atoms with Gasteiger partial charge in [-0.05, 0) is 11.6 Å². The lowest BCUT2D eigenvalue weighted by Gasteiger charge is -2.12. The number of nitrogen functional groups attached to an aromatic ring is 1. The molecule has 5 heteroatoms. The predicted octanol–water partition coefficient (Wildman–Crippen LogP) is 2.99. The Kier molecular flexibility index (Phi) is 3.90. The molecule has 4 nitrogen and oxygen atoms in total. The second-order valence-electron chi connectivity index (χ2n) is 4.79. The van der Waals surface area contributed by atoms with Crippen molar-refractivity contribution in [2.75, 3.05) is 0 Å². The number of amidine groups is 1. The fourth-order valence-electron chi connectivity index (χ4n) is 1.98. The summed E-state index contributed by atoms with van der Waals surface area (Å²) in [6, 6.07) is 5.45. The molecule has 3 N–H and O–H groups in total. The van der Waals surface area contributed by atoms with Crippen molar-refractivity contribution in [2.24, 2.45) is 5.73 Å². The van der Waals surface area contributed by atoms with Crippen LogP contribution in [0.1, 0.15) is 36.7 Å². The third kappa shape index (κ3) is 2.96. The number of rotatable bonds is 4. The molecule has 0 spiro atoms. The molecule has 0 atom stereocenters. The average Bonchev–Trinajstić information content (AvgIpc) is 2.79. The molecule has 0 unspecified atom stereocenters. The number of aromatic nitrogens is 2. The molecule has 0 radical (unpaired) electrons. The number of nitrogens with zero attached hydrogens (tertiary/aromatic N) is 2. The van der Waals surface area contributed by atoms with Crippen molar-refractivity contribution in [3.05, 3.63) is 52.6 Å². The summed E-state index contributed by atoms with van der Waals surface area (Å²) in [5.41, 5.74) is 7.08. The van der Waals surface area contributed by atoms with Gasteiger partial charge in [-0.15, -0.1) is 0 Å². The number of halogens is 1. The smallest absolute Gasteiger partial charge is 0.122 e. The van der Waals surface area contributed by atoms with Crippen molar-refractivity contribution in [1.82, 2.24) is 9.55 Å². The van der Waals surface area contributed by atoms with Gasteiger partial charge in [0.15, 0.2) is 0 Å². The van der Waals surface area contributed by atoms with Crippen LogP contribution in [0.4, 0.5) is 0 Å². The van der Waals surface area contributed by atoms with E-state index in [1.165, 1.54) is 0 Å². The predicted molar refractivity (Wildman–Crippen MR) is 77.9 cm³/mol. The molecule has 1 heterocycles. The molecule has 100 valence electrons. The summed E-state index contributed by atoms with van der Waals surface area (Å²) < 4.78 is 2.08. The van der Waals surface area contributed by atoms with Gasteiger partial charge >= 0.3 is 0 Å². The molecular weight excluding hydrogens is 260 g/mol. The van der Waals surface area contributed by atoms with Crippen LogP contribution in [-0.4, -0.2) is 15.4 Å². The van der Waals surface area contributed by atoms with Crippen molar-refractivity contribution < 1.29 is 0 Å². The second kappa shape index (κ2) is 5.45. The van der Waals surface area contributed by atoms with Crippen molar-refractivity contribution in [1.29, 1.82) is 5.41 Å². The molecule has 1 aromatic carbocycles. The van der Waals surface area contributed by atoms with Gasteiger partial charge in [0.1, 0.15) is 11.7 Å². The molecule has 2 aromatic rings. The second-order valence-corrected chi connectivity index (χ2v) is 5.20. The summed E-state index contributed by atoms with van der Waals surface area (Å²) in [6.07, 6.45) is 3.75. The summed E-state index contributed by atoms with van der Waals surface area (Å²) in [6.45, 7) is 4.89. The number of hydrogen-bond donors (Lipinski definition) is 2. The van der Waals surface area contributed by atoms with E-state index < -0.39 is 0 Å². The molecule has 0 saturated carbocycles. The molecule has 0 aliphatic rings. The van der Waals surface area contributed by atoms with Gasteiger partial charge in [0, 0.05) is 28.9 Å². The SMILES string of the molecule is CC(C)c1nccn1Cc1ccc(C(=N)N)cc1Cl. The third-order valence-corrected chi connectivity index (χ3v) is 3.32. The topological polar surface area (TPSA) is 67.7 Å². The van der Waals surface area contributed by atoms with Crippen LogP contribution >= 0.6 is 11.6 Å². The van der Waals surface area contributed by atoms with Crippen LogP contribution in [0.25, 0.3) is 0 Å². The number of hydrogen-bond acceptors (Lipinski definition) is 2. The van der Waals surface area contributed by atoms with E-state index in [1.54, 1.807) is 12.3 Å². The number of benzene rings is 1. The Balaban J connectivity index is 2.28. The van der Waals surface area contributed by atoms with Crippen LogP contribution in [0.15, 0.2) is 30.6 Å². The van der Waals surface area contributed by atoms with E-state index in [2.05, 4.69) is 23.4 Å². The Labute approximate surface area is 117 Å². The summed E-state index contributed by atoms with van der Waals surface area (Å²) in [5.74, 6) is 1.43. The van der Waals surface area contributed by atoms with Gasteiger partial charge in [-0.1, -0.05) is 37.6 Å². The Morgan fingerprint density at radius 3 is 2.79 bits per heavy atom. The monoisotopic (exact) mass is 276 g/mol. The molecule has 0 saturated heterocycles. The van der Waals surface area contributed by atoms with E-state index in [0.717, 1.165) is 11.4 Å². The number of nitrogens with one attached hydrogen (secondary N) is 1. The van der Waals surface area contributed by atoms with E-state index in [-0.39, 0.29) is 5.84 Å². The van der Waals surface area contributed by atoms with Crippen LogP contribution in [-0.2, 0) is 6.54 Å². The van der Waals surface area contributed by atoms with Crippen LogP contribution in [0.2, 0.25) is 5.02 Å². The van der Waals surface area contributed by atoms with E-state index in [9.17, 15) is 0 Å². The maximum atomic E-state index is 7.39. The van der Waals surface area contributed by atoms with Crippen LogP contribution < -0.4 is 5.73 Å². The van der Waals surface area contributed by atoms with Crippen molar-refractivity contribution >= 4 is 17.4 Å². The van der Waals surface area contributed by atoms with E-state index in [0.29, 0.717) is 23.0 Å². The minimum absolute atomic E-state index is 0.0268.